The zero-order valence-electron chi connectivity index (χ0n) is 15.5. The first-order valence-corrected chi connectivity index (χ1v) is 9.12. The molecule has 1 amide bonds. The molecule has 0 aliphatic carbocycles. The topological polar surface area (TPSA) is 89.7 Å². The molecule has 0 unspecified atom stereocenters. The Morgan fingerprint density at radius 1 is 1.18 bits per heavy atom. The number of nitrogens with one attached hydrogen (secondary N) is 1. The van der Waals surface area contributed by atoms with E-state index in [-0.39, 0.29) is 36.8 Å². The molecule has 2 atom stereocenters. The molecule has 0 radical (unpaired) electrons. The van der Waals surface area contributed by atoms with Gasteiger partial charge < -0.3 is 25.4 Å². The lowest BCUT2D eigenvalue weighted by Gasteiger charge is -2.30. The first kappa shape index (κ1) is 22.6. The van der Waals surface area contributed by atoms with Crippen LogP contribution in [0.15, 0.2) is 30.6 Å². The number of hydrogen-bond donors (Lipinski definition) is 2. The van der Waals surface area contributed by atoms with E-state index in [0.717, 1.165) is 54.9 Å². The van der Waals surface area contributed by atoms with Gasteiger partial charge in [0, 0.05) is 48.5 Å². The Hall–Kier alpha value is -1.64. The number of fused-ring (bicyclic) bond motifs is 1. The van der Waals surface area contributed by atoms with Crippen LogP contribution in [0.3, 0.4) is 0 Å². The number of hydrogen-bond acceptors (Lipinski definition) is 6. The molecule has 2 aliphatic heterocycles. The summed E-state index contributed by atoms with van der Waals surface area (Å²) in [7, 11) is 0. The van der Waals surface area contributed by atoms with Crippen molar-refractivity contribution in [3.05, 3.63) is 30.6 Å². The zero-order chi connectivity index (χ0) is 17.9. The van der Waals surface area contributed by atoms with Crippen molar-refractivity contribution in [3.63, 3.8) is 0 Å². The fraction of sp³-hybridized carbons (Fsp3) is 0.474. The Labute approximate surface area is 176 Å². The maximum absolute atomic E-state index is 12.6. The SMILES string of the molecule is Cl.Cl.NC[C@H]1CC[C@@H](C(=O)Nc2ccc(N3CCOCC3)c3ccncc23)O1. The van der Waals surface area contributed by atoms with Gasteiger partial charge in [0.1, 0.15) is 6.10 Å². The van der Waals surface area contributed by atoms with Crippen molar-refractivity contribution in [1.82, 2.24) is 4.98 Å². The zero-order valence-corrected chi connectivity index (χ0v) is 17.1. The number of pyridine rings is 1. The summed E-state index contributed by atoms with van der Waals surface area (Å²) in [5.41, 5.74) is 7.53. The van der Waals surface area contributed by atoms with Crippen LogP contribution in [0.1, 0.15) is 12.8 Å². The molecule has 28 heavy (non-hydrogen) atoms. The molecule has 3 heterocycles. The van der Waals surface area contributed by atoms with E-state index < -0.39 is 6.10 Å². The molecule has 3 N–H and O–H groups in total. The predicted molar refractivity (Wildman–Crippen MR) is 115 cm³/mol. The summed E-state index contributed by atoms with van der Waals surface area (Å²) in [6.45, 7) is 3.63. The number of nitrogens with zero attached hydrogens (tertiary/aromatic N) is 2. The summed E-state index contributed by atoms with van der Waals surface area (Å²) in [4.78, 5) is 19.1. The largest absolute Gasteiger partial charge is 0.378 e. The van der Waals surface area contributed by atoms with Crippen molar-refractivity contribution in [2.24, 2.45) is 5.73 Å². The van der Waals surface area contributed by atoms with E-state index in [4.69, 9.17) is 15.2 Å². The maximum Gasteiger partial charge on any atom is 0.253 e. The van der Waals surface area contributed by atoms with Gasteiger partial charge in [0.15, 0.2) is 0 Å². The lowest BCUT2D eigenvalue weighted by Crippen LogP contribution is -2.36. The van der Waals surface area contributed by atoms with Gasteiger partial charge >= 0.3 is 0 Å². The molecular formula is C19H26Cl2N4O3. The van der Waals surface area contributed by atoms with Crippen molar-refractivity contribution >= 4 is 52.9 Å². The van der Waals surface area contributed by atoms with Crippen molar-refractivity contribution in [2.45, 2.75) is 25.0 Å². The minimum absolute atomic E-state index is 0. The molecule has 4 rings (SSSR count). The highest BCUT2D eigenvalue weighted by Gasteiger charge is 2.30. The van der Waals surface area contributed by atoms with E-state index in [9.17, 15) is 4.79 Å². The van der Waals surface area contributed by atoms with Gasteiger partial charge in [-0.05, 0) is 31.0 Å². The van der Waals surface area contributed by atoms with Crippen LogP contribution in [-0.2, 0) is 14.3 Å². The van der Waals surface area contributed by atoms with Gasteiger partial charge in [0.25, 0.3) is 5.91 Å². The predicted octanol–water partition coefficient (Wildman–Crippen LogP) is 2.36. The molecular weight excluding hydrogens is 403 g/mol. The van der Waals surface area contributed by atoms with E-state index in [1.54, 1.807) is 12.4 Å². The molecule has 9 heteroatoms. The molecule has 0 bridgehead atoms. The van der Waals surface area contributed by atoms with Crippen molar-refractivity contribution in [1.29, 1.82) is 0 Å². The Balaban J connectivity index is 0.00000140. The number of carbonyl (C=O) groups excluding carboxylic acids is 1. The average Bonchev–Trinajstić information content (AvgIpc) is 3.18. The van der Waals surface area contributed by atoms with Crippen molar-refractivity contribution in [2.75, 3.05) is 43.1 Å². The van der Waals surface area contributed by atoms with Crippen LogP contribution in [0.25, 0.3) is 10.8 Å². The fourth-order valence-electron chi connectivity index (χ4n) is 3.65. The molecule has 1 aromatic heterocycles. The Bertz CT molecular complexity index is 802. The van der Waals surface area contributed by atoms with Crippen LogP contribution < -0.4 is 16.0 Å². The van der Waals surface area contributed by atoms with E-state index in [1.165, 1.54) is 0 Å². The van der Waals surface area contributed by atoms with Crippen LogP contribution in [-0.4, -0.2) is 55.9 Å². The standard InChI is InChI=1S/C19H24N4O3.2ClH/c20-11-13-1-4-18(26-13)19(24)22-16-2-3-17(23-7-9-25-10-8-23)14-5-6-21-12-15(14)16;;/h2-3,5-6,12-13,18H,1,4,7-11,20H2,(H,22,24);2*1H/t13-,18+;;/m1../s1. The lowest BCUT2D eigenvalue weighted by molar-refractivity contribution is -0.126. The number of amides is 1. The number of aromatic nitrogens is 1. The smallest absolute Gasteiger partial charge is 0.253 e. The van der Waals surface area contributed by atoms with Gasteiger partial charge in [-0.25, -0.2) is 0 Å². The summed E-state index contributed by atoms with van der Waals surface area (Å²) >= 11 is 0. The molecule has 0 saturated carbocycles. The van der Waals surface area contributed by atoms with Crippen LogP contribution in [0.5, 0.6) is 0 Å². The van der Waals surface area contributed by atoms with Gasteiger partial charge in [-0.3, -0.25) is 9.78 Å². The monoisotopic (exact) mass is 428 g/mol. The van der Waals surface area contributed by atoms with Gasteiger partial charge in [0.2, 0.25) is 0 Å². The number of anilines is 2. The third kappa shape index (κ3) is 4.67. The summed E-state index contributed by atoms with van der Waals surface area (Å²) in [6.07, 6.45) is 4.65. The number of ether oxygens (including phenoxy) is 2. The van der Waals surface area contributed by atoms with E-state index in [0.29, 0.717) is 13.0 Å². The molecule has 2 saturated heterocycles. The number of carbonyl (C=O) groups is 1. The first-order valence-electron chi connectivity index (χ1n) is 9.12. The molecule has 2 fully saturated rings. The summed E-state index contributed by atoms with van der Waals surface area (Å²) in [5, 5.41) is 5.02. The average molecular weight is 429 g/mol. The number of benzene rings is 1. The number of morpholine rings is 1. The second kappa shape index (κ2) is 10.2. The van der Waals surface area contributed by atoms with E-state index >= 15 is 0 Å². The van der Waals surface area contributed by atoms with Gasteiger partial charge in [-0.2, -0.15) is 0 Å². The third-order valence-corrected chi connectivity index (χ3v) is 5.07. The highest BCUT2D eigenvalue weighted by Crippen LogP contribution is 2.32. The van der Waals surface area contributed by atoms with E-state index in [2.05, 4.69) is 21.3 Å². The quantitative estimate of drug-likeness (QED) is 0.776. The van der Waals surface area contributed by atoms with Crippen molar-refractivity contribution < 1.29 is 14.3 Å². The first-order chi connectivity index (χ1) is 12.8. The number of halogens is 2. The molecule has 154 valence electrons. The molecule has 7 nitrogen and oxygen atoms in total. The fourth-order valence-corrected chi connectivity index (χ4v) is 3.65. The summed E-state index contributed by atoms with van der Waals surface area (Å²) in [5.74, 6) is -0.120. The Morgan fingerprint density at radius 3 is 2.68 bits per heavy atom. The lowest BCUT2D eigenvalue weighted by atomic mass is 10.1. The molecule has 2 aliphatic rings. The molecule has 2 aromatic rings. The normalized spacial score (nSPS) is 21.7. The van der Waals surface area contributed by atoms with Gasteiger partial charge in [-0.15, -0.1) is 24.8 Å². The minimum atomic E-state index is -0.436. The summed E-state index contributed by atoms with van der Waals surface area (Å²) < 4.78 is 11.2. The minimum Gasteiger partial charge on any atom is -0.378 e. The van der Waals surface area contributed by atoms with Crippen LogP contribution in [0.2, 0.25) is 0 Å². The maximum atomic E-state index is 12.6. The third-order valence-electron chi connectivity index (χ3n) is 5.07. The Kier molecular flexibility index (Phi) is 8.27. The highest BCUT2D eigenvalue weighted by molar-refractivity contribution is 6.07. The van der Waals surface area contributed by atoms with Crippen LogP contribution >= 0.6 is 24.8 Å². The number of nitrogens with two attached hydrogens (primary N) is 1. The van der Waals surface area contributed by atoms with E-state index in [1.807, 2.05) is 12.1 Å². The van der Waals surface area contributed by atoms with Gasteiger partial charge in [-0.1, -0.05) is 0 Å². The van der Waals surface area contributed by atoms with Crippen LogP contribution in [0, 0.1) is 0 Å². The number of rotatable bonds is 4. The molecule has 0 spiro atoms. The second-order valence-electron chi connectivity index (χ2n) is 6.70. The van der Waals surface area contributed by atoms with Crippen LogP contribution in [0.4, 0.5) is 11.4 Å². The molecule has 1 aromatic carbocycles. The highest BCUT2D eigenvalue weighted by atomic mass is 35.5. The second-order valence-corrected chi connectivity index (χ2v) is 6.70. The van der Waals surface area contributed by atoms with Crippen molar-refractivity contribution in [3.8, 4) is 0 Å². The van der Waals surface area contributed by atoms with Gasteiger partial charge in [0.05, 0.1) is 25.0 Å². The summed E-state index contributed by atoms with van der Waals surface area (Å²) in [6, 6.07) is 6.00. The Morgan fingerprint density at radius 2 is 1.96 bits per heavy atom.